The van der Waals surface area contributed by atoms with Crippen LogP contribution in [0.5, 0.6) is 0 Å². The minimum atomic E-state index is -0.680. The number of Topliss-reactive ketones (excluding diaryl/α,β-unsaturated/α-hetero) is 1. The number of rotatable bonds is 5. The van der Waals surface area contributed by atoms with E-state index in [9.17, 15) is 24.1 Å². The molecule has 0 saturated heterocycles. The van der Waals surface area contributed by atoms with Crippen molar-refractivity contribution in [3.63, 3.8) is 0 Å². The average molecular weight is 328 g/mol. The van der Waals surface area contributed by atoms with Crippen LogP contribution in [0.1, 0.15) is 12.5 Å². The third kappa shape index (κ3) is 4.33. The molecular weight excluding hydrogens is 315 g/mol. The molecule has 1 N–H and O–H groups in total. The van der Waals surface area contributed by atoms with Crippen molar-refractivity contribution in [3.05, 3.63) is 75.6 Å². The van der Waals surface area contributed by atoms with Crippen molar-refractivity contribution < 1.29 is 18.9 Å². The van der Waals surface area contributed by atoms with Crippen LogP contribution < -0.4 is 5.32 Å². The van der Waals surface area contributed by atoms with E-state index in [1.807, 2.05) is 0 Å². The second-order valence-electron chi connectivity index (χ2n) is 4.93. The van der Waals surface area contributed by atoms with Gasteiger partial charge in [0, 0.05) is 17.8 Å². The molecule has 0 unspecified atom stereocenters. The summed E-state index contributed by atoms with van der Waals surface area (Å²) in [6.07, 6.45) is 1.28. The first-order chi connectivity index (χ1) is 11.4. The van der Waals surface area contributed by atoms with Crippen molar-refractivity contribution in [1.82, 2.24) is 0 Å². The number of carbonyl (C=O) groups is 2. The van der Waals surface area contributed by atoms with Crippen LogP contribution in [0, 0.1) is 15.9 Å². The van der Waals surface area contributed by atoms with Crippen molar-refractivity contribution in [2.45, 2.75) is 6.92 Å². The highest BCUT2D eigenvalue weighted by atomic mass is 19.1. The van der Waals surface area contributed by atoms with E-state index in [4.69, 9.17) is 0 Å². The minimum absolute atomic E-state index is 0.116. The number of anilines is 1. The fraction of sp³-hybridized carbons (Fsp3) is 0.0588. The van der Waals surface area contributed by atoms with E-state index >= 15 is 0 Å². The van der Waals surface area contributed by atoms with Gasteiger partial charge in [0.15, 0.2) is 5.78 Å². The standard InChI is InChI=1S/C17H13FN2O4/c1-11(21)16(10-12-3-2-4-13(18)9-12)17(22)19-14-5-7-15(8-6-14)20(23)24/h2-10H,1H3,(H,19,22)/b16-10+. The largest absolute Gasteiger partial charge is 0.322 e. The van der Waals surface area contributed by atoms with Crippen LogP contribution >= 0.6 is 0 Å². The molecule has 0 aliphatic heterocycles. The highest BCUT2D eigenvalue weighted by Gasteiger charge is 2.15. The van der Waals surface area contributed by atoms with Crippen LogP contribution in [0.4, 0.5) is 15.8 Å². The fourth-order valence-corrected chi connectivity index (χ4v) is 1.96. The van der Waals surface area contributed by atoms with E-state index < -0.39 is 22.4 Å². The number of nitrogens with zero attached hydrogens (tertiary/aromatic N) is 1. The lowest BCUT2D eigenvalue weighted by Crippen LogP contribution is -2.18. The zero-order chi connectivity index (χ0) is 17.7. The lowest BCUT2D eigenvalue weighted by molar-refractivity contribution is -0.384. The maximum absolute atomic E-state index is 13.2. The smallest absolute Gasteiger partial charge is 0.269 e. The van der Waals surface area contributed by atoms with E-state index in [-0.39, 0.29) is 11.3 Å². The molecule has 7 heteroatoms. The Bertz CT molecular complexity index is 829. The Balaban J connectivity index is 2.23. The summed E-state index contributed by atoms with van der Waals surface area (Å²) in [5, 5.41) is 13.1. The van der Waals surface area contributed by atoms with Gasteiger partial charge in [-0.3, -0.25) is 19.7 Å². The average Bonchev–Trinajstić information content (AvgIpc) is 2.52. The van der Waals surface area contributed by atoms with Crippen LogP contribution in [0.25, 0.3) is 6.08 Å². The summed E-state index contributed by atoms with van der Waals surface area (Å²) in [6, 6.07) is 10.7. The predicted molar refractivity (Wildman–Crippen MR) is 86.8 cm³/mol. The first-order valence-electron chi connectivity index (χ1n) is 6.91. The number of benzene rings is 2. The quantitative estimate of drug-likeness (QED) is 0.300. The Morgan fingerprint density at radius 1 is 1.17 bits per heavy atom. The molecule has 0 bridgehead atoms. The monoisotopic (exact) mass is 328 g/mol. The molecule has 0 saturated carbocycles. The number of hydrogen-bond donors (Lipinski definition) is 1. The summed E-state index contributed by atoms with van der Waals surface area (Å²) in [7, 11) is 0. The minimum Gasteiger partial charge on any atom is -0.322 e. The number of ketones is 1. The van der Waals surface area contributed by atoms with Gasteiger partial charge in [-0.25, -0.2) is 4.39 Å². The van der Waals surface area contributed by atoms with Gasteiger partial charge in [0.25, 0.3) is 11.6 Å². The molecule has 24 heavy (non-hydrogen) atoms. The van der Waals surface area contributed by atoms with Gasteiger partial charge in [0.2, 0.25) is 0 Å². The molecule has 6 nitrogen and oxygen atoms in total. The first-order valence-corrected chi connectivity index (χ1v) is 6.91. The zero-order valence-electron chi connectivity index (χ0n) is 12.7. The molecule has 1 amide bonds. The Labute approximate surface area is 136 Å². The van der Waals surface area contributed by atoms with Crippen molar-refractivity contribution in [3.8, 4) is 0 Å². The summed E-state index contributed by atoms with van der Waals surface area (Å²) in [4.78, 5) is 34.0. The highest BCUT2D eigenvalue weighted by molar-refractivity contribution is 6.25. The Morgan fingerprint density at radius 2 is 1.83 bits per heavy atom. The van der Waals surface area contributed by atoms with Gasteiger partial charge in [-0.05, 0) is 42.8 Å². The van der Waals surface area contributed by atoms with Gasteiger partial charge >= 0.3 is 0 Å². The molecular formula is C17H13FN2O4. The molecule has 0 fully saturated rings. The van der Waals surface area contributed by atoms with Gasteiger partial charge in [-0.1, -0.05) is 12.1 Å². The Hall–Kier alpha value is -3.35. The lowest BCUT2D eigenvalue weighted by atomic mass is 10.1. The van der Waals surface area contributed by atoms with Crippen molar-refractivity contribution in [2.24, 2.45) is 0 Å². The summed E-state index contributed by atoms with van der Waals surface area (Å²) >= 11 is 0. The normalized spacial score (nSPS) is 11.0. The van der Waals surface area contributed by atoms with Crippen LogP contribution in [-0.2, 0) is 9.59 Å². The van der Waals surface area contributed by atoms with Gasteiger partial charge in [0.1, 0.15) is 5.82 Å². The fourth-order valence-electron chi connectivity index (χ4n) is 1.96. The summed E-state index contributed by atoms with van der Waals surface area (Å²) in [5.74, 6) is -1.65. The Morgan fingerprint density at radius 3 is 2.38 bits per heavy atom. The van der Waals surface area contributed by atoms with E-state index in [1.165, 1.54) is 55.5 Å². The summed E-state index contributed by atoms with van der Waals surface area (Å²) in [5.41, 5.74) is 0.407. The van der Waals surface area contributed by atoms with Crippen molar-refractivity contribution in [2.75, 3.05) is 5.32 Å². The molecule has 0 heterocycles. The zero-order valence-corrected chi connectivity index (χ0v) is 12.7. The molecule has 0 aliphatic carbocycles. The molecule has 2 rings (SSSR count). The third-order valence-corrected chi connectivity index (χ3v) is 3.12. The third-order valence-electron chi connectivity index (χ3n) is 3.12. The SMILES string of the molecule is CC(=O)/C(=C\c1cccc(F)c1)C(=O)Nc1ccc([N+](=O)[O-])cc1. The molecule has 0 radical (unpaired) electrons. The number of non-ortho nitro benzene ring substituents is 1. The molecule has 0 spiro atoms. The van der Waals surface area contributed by atoms with Crippen LogP contribution in [-0.4, -0.2) is 16.6 Å². The number of nitro groups is 1. The van der Waals surface area contributed by atoms with Crippen LogP contribution in [0.2, 0.25) is 0 Å². The maximum Gasteiger partial charge on any atom is 0.269 e. The molecule has 0 aliphatic rings. The van der Waals surface area contributed by atoms with E-state index in [1.54, 1.807) is 6.07 Å². The second-order valence-corrected chi connectivity index (χ2v) is 4.93. The highest BCUT2D eigenvalue weighted by Crippen LogP contribution is 2.17. The molecule has 0 aromatic heterocycles. The Kier molecular flexibility index (Phi) is 5.16. The first kappa shape index (κ1) is 17.0. The van der Waals surface area contributed by atoms with Crippen LogP contribution in [0.15, 0.2) is 54.1 Å². The van der Waals surface area contributed by atoms with Gasteiger partial charge in [-0.2, -0.15) is 0 Å². The van der Waals surface area contributed by atoms with Gasteiger partial charge in [-0.15, -0.1) is 0 Å². The number of amides is 1. The van der Waals surface area contributed by atoms with Crippen LogP contribution in [0.3, 0.4) is 0 Å². The summed E-state index contributed by atoms with van der Waals surface area (Å²) in [6.45, 7) is 1.22. The number of nitro benzene ring substituents is 1. The van der Waals surface area contributed by atoms with Crippen molar-refractivity contribution >= 4 is 29.1 Å². The number of carbonyl (C=O) groups excluding carboxylic acids is 2. The number of halogens is 1. The van der Waals surface area contributed by atoms with Gasteiger partial charge < -0.3 is 5.32 Å². The molecule has 122 valence electrons. The number of hydrogen-bond acceptors (Lipinski definition) is 4. The van der Waals surface area contributed by atoms with E-state index in [0.29, 0.717) is 11.3 Å². The second kappa shape index (κ2) is 7.28. The van der Waals surface area contributed by atoms with E-state index in [0.717, 1.165) is 0 Å². The van der Waals surface area contributed by atoms with Gasteiger partial charge in [0.05, 0.1) is 10.5 Å². The molecule has 2 aromatic rings. The van der Waals surface area contributed by atoms with E-state index in [2.05, 4.69) is 5.32 Å². The predicted octanol–water partition coefficient (Wildman–Crippen LogP) is 3.35. The van der Waals surface area contributed by atoms with Crippen molar-refractivity contribution in [1.29, 1.82) is 0 Å². The topological polar surface area (TPSA) is 89.3 Å². The molecule has 2 aromatic carbocycles. The lowest BCUT2D eigenvalue weighted by Gasteiger charge is -2.07. The molecule has 0 atom stereocenters. The summed E-state index contributed by atoms with van der Waals surface area (Å²) < 4.78 is 13.2. The maximum atomic E-state index is 13.2. The number of nitrogens with one attached hydrogen (secondary N) is 1.